The van der Waals surface area contributed by atoms with E-state index < -0.39 is 0 Å². The molecule has 1 N–H and O–H groups in total. The van der Waals surface area contributed by atoms with Crippen molar-refractivity contribution in [3.8, 4) is 0 Å². The van der Waals surface area contributed by atoms with E-state index >= 15 is 0 Å². The summed E-state index contributed by atoms with van der Waals surface area (Å²) in [5.74, 6) is 1.32. The van der Waals surface area contributed by atoms with E-state index in [-0.39, 0.29) is 0 Å². The van der Waals surface area contributed by atoms with Crippen molar-refractivity contribution in [2.24, 2.45) is 0 Å². The molecule has 0 aliphatic carbocycles. The highest BCUT2D eigenvalue weighted by molar-refractivity contribution is 6.32. The van der Waals surface area contributed by atoms with Crippen LogP contribution in [0.4, 0.5) is 11.8 Å². The lowest BCUT2D eigenvalue weighted by molar-refractivity contribution is 0.836. The molecule has 0 radical (unpaired) electrons. The fourth-order valence-corrected chi connectivity index (χ4v) is 2.04. The first-order valence-corrected chi connectivity index (χ1v) is 6.96. The third-order valence-corrected chi connectivity index (χ3v) is 3.12. The molecule has 0 spiro atoms. The summed E-state index contributed by atoms with van der Waals surface area (Å²) < 4.78 is 0. The molecule has 106 valence electrons. The Kier molecular flexibility index (Phi) is 5.12. The molecule has 0 unspecified atom stereocenters. The van der Waals surface area contributed by atoms with Crippen LogP contribution < -0.4 is 10.2 Å². The SMILES string of the molecule is CCNc1ncc(Cl)c(N(C)CCc2ccccn2)n1. The Labute approximate surface area is 124 Å². The van der Waals surface area contributed by atoms with Crippen LogP contribution in [0.3, 0.4) is 0 Å². The van der Waals surface area contributed by atoms with Crippen molar-refractivity contribution in [3.05, 3.63) is 41.3 Å². The van der Waals surface area contributed by atoms with Gasteiger partial charge in [0.1, 0.15) is 5.02 Å². The number of aromatic nitrogens is 3. The van der Waals surface area contributed by atoms with Crippen LogP contribution in [-0.2, 0) is 6.42 Å². The van der Waals surface area contributed by atoms with Gasteiger partial charge in [-0.2, -0.15) is 4.98 Å². The van der Waals surface area contributed by atoms with E-state index in [0.717, 1.165) is 31.0 Å². The standard InChI is InChI=1S/C14H18ClN5/c1-3-16-14-18-10-12(15)13(19-14)20(2)9-7-11-6-4-5-8-17-11/h4-6,8,10H,3,7,9H2,1-2H3,(H,16,18,19). The molecule has 0 amide bonds. The second kappa shape index (κ2) is 7.05. The van der Waals surface area contributed by atoms with Gasteiger partial charge in [-0.1, -0.05) is 17.7 Å². The van der Waals surface area contributed by atoms with E-state index in [1.165, 1.54) is 0 Å². The summed E-state index contributed by atoms with van der Waals surface area (Å²) in [5.41, 5.74) is 1.05. The number of hydrogen-bond acceptors (Lipinski definition) is 5. The Morgan fingerprint density at radius 2 is 2.15 bits per heavy atom. The molecule has 2 aromatic heterocycles. The lowest BCUT2D eigenvalue weighted by Gasteiger charge is -2.19. The van der Waals surface area contributed by atoms with Crippen molar-refractivity contribution in [2.75, 3.05) is 30.4 Å². The molecule has 2 heterocycles. The number of halogens is 1. The number of pyridine rings is 1. The molecule has 0 bridgehead atoms. The fraction of sp³-hybridized carbons (Fsp3) is 0.357. The van der Waals surface area contributed by atoms with Crippen LogP contribution >= 0.6 is 11.6 Å². The van der Waals surface area contributed by atoms with E-state index in [4.69, 9.17) is 11.6 Å². The van der Waals surface area contributed by atoms with Crippen LogP contribution in [0, 0.1) is 0 Å². The molecule has 0 aliphatic rings. The quantitative estimate of drug-likeness (QED) is 0.887. The van der Waals surface area contributed by atoms with Gasteiger partial charge in [-0.05, 0) is 19.1 Å². The Hall–Kier alpha value is -1.88. The average molecular weight is 292 g/mol. The summed E-state index contributed by atoms with van der Waals surface area (Å²) in [5, 5.41) is 3.64. The summed E-state index contributed by atoms with van der Waals surface area (Å²) in [6, 6.07) is 5.92. The minimum atomic E-state index is 0.551. The average Bonchev–Trinajstić information content (AvgIpc) is 2.48. The molecule has 20 heavy (non-hydrogen) atoms. The van der Waals surface area contributed by atoms with Crippen molar-refractivity contribution in [1.29, 1.82) is 0 Å². The highest BCUT2D eigenvalue weighted by atomic mass is 35.5. The lowest BCUT2D eigenvalue weighted by Crippen LogP contribution is -2.22. The van der Waals surface area contributed by atoms with Gasteiger partial charge >= 0.3 is 0 Å². The second-order valence-corrected chi connectivity index (χ2v) is 4.80. The first-order chi connectivity index (χ1) is 9.70. The molecule has 5 nitrogen and oxygen atoms in total. The van der Waals surface area contributed by atoms with Crippen LogP contribution in [-0.4, -0.2) is 35.1 Å². The summed E-state index contributed by atoms with van der Waals surface area (Å²) in [4.78, 5) is 14.9. The maximum Gasteiger partial charge on any atom is 0.224 e. The van der Waals surface area contributed by atoms with Gasteiger partial charge < -0.3 is 10.2 Å². The Bertz CT molecular complexity index is 547. The molecule has 2 aromatic rings. The zero-order chi connectivity index (χ0) is 14.4. The molecule has 6 heteroatoms. The van der Waals surface area contributed by atoms with Gasteiger partial charge in [0.15, 0.2) is 5.82 Å². The van der Waals surface area contributed by atoms with Crippen LogP contribution in [0.25, 0.3) is 0 Å². The maximum absolute atomic E-state index is 6.16. The van der Waals surface area contributed by atoms with E-state index in [2.05, 4.69) is 20.3 Å². The van der Waals surface area contributed by atoms with Gasteiger partial charge in [0.25, 0.3) is 0 Å². The molecule has 0 aliphatic heterocycles. The third-order valence-electron chi connectivity index (χ3n) is 2.85. The molecule has 0 aromatic carbocycles. The monoisotopic (exact) mass is 291 g/mol. The first kappa shape index (κ1) is 14.5. The first-order valence-electron chi connectivity index (χ1n) is 6.58. The number of anilines is 2. The van der Waals surface area contributed by atoms with Gasteiger partial charge in [0, 0.05) is 38.4 Å². The molecule has 0 saturated heterocycles. The Morgan fingerprint density at radius 3 is 2.85 bits per heavy atom. The zero-order valence-electron chi connectivity index (χ0n) is 11.7. The minimum absolute atomic E-state index is 0.551. The summed E-state index contributed by atoms with van der Waals surface area (Å²) >= 11 is 6.16. The predicted molar refractivity (Wildman–Crippen MR) is 82.4 cm³/mol. The predicted octanol–water partition coefficient (Wildman–Crippen LogP) is 2.64. The topological polar surface area (TPSA) is 53.9 Å². The normalized spacial score (nSPS) is 10.3. The largest absolute Gasteiger partial charge is 0.358 e. The summed E-state index contributed by atoms with van der Waals surface area (Å²) in [6.45, 7) is 3.57. The third kappa shape index (κ3) is 3.81. The molecule has 0 saturated carbocycles. The van der Waals surface area contributed by atoms with Crippen LogP contribution in [0.1, 0.15) is 12.6 Å². The van der Waals surface area contributed by atoms with Crippen LogP contribution in [0.2, 0.25) is 5.02 Å². The van der Waals surface area contributed by atoms with Crippen molar-refractivity contribution < 1.29 is 0 Å². The van der Waals surface area contributed by atoms with Crippen LogP contribution in [0.15, 0.2) is 30.6 Å². The van der Waals surface area contributed by atoms with Gasteiger partial charge in [-0.3, -0.25) is 4.98 Å². The summed E-state index contributed by atoms with van der Waals surface area (Å²) in [6.07, 6.45) is 4.27. The summed E-state index contributed by atoms with van der Waals surface area (Å²) in [7, 11) is 1.97. The van der Waals surface area contributed by atoms with Crippen molar-refractivity contribution >= 4 is 23.4 Å². The van der Waals surface area contributed by atoms with Crippen LogP contribution in [0.5, 0.6) is 0 Å². The molecule has 0 atom stereocenters. The zero-order valence-corrected chi connectivity index (χ0v) is 12.4. The number of nitrogens with zero attached hydrogens (tertiary/aromatic N) is 4. The van der Waals surface area contributed by atoms with Gasteiger partial charge in [-0.15, -0.1) is 0 Å². The van der Waals surface area contributed by atoms with E-state index in [0.29, 0.717) is 11.0 Å². The number of likely N-dealkylation sites (N-methyl/N-ethyl adjacent to an activating group) is 1. The van der Waals surface area contributed by atoms with Crippen molar-refractivity contribution in [2.45, 2.75) is 13.3 Å². The number of rotatable bonds is 6. The molecule has 2 rings (SSSR count). The van der Waals surface area contributed by atoms with Gasteiger partial charge in [-0.25, -0.2) is 4.98 Å². The minimum Gasteiger partial charge on any atom is -0.358 e. The Balaban J connectivity index is 2.04. The lowest BCUT2D eigenvalue weighted by atomic mass is 10.2. The van der Waals surface area contributed by atoms with Gasteiger partial charge in [0.2, 0.25) is 5.95 Å². The molecular weight excluding hydrogens is 274 g/mol. The second-order valence-electron chi connectivity index (χ2n) is 4.39. The van der Waals surface area contributed by atoms with Crippen molar-refractivity contribution in [3.63, 3.8) is 0 Å². The van der Waals surface area contributed by atoms with E-state index in [1.54, 1.807) is 12.4 Å². The highest BCUT2D eigenvalue weighted by Gasteiger charge is 2.10. The van der Waals surface area contributed by atoms with E-state index in [1.807, 2.05) is 37.1 Å². The molecular formula is C14H18ClN5. The van der Waals surface area contributed by atoms with Gasteiger partial charge in [0.05, 0.1) is 6.20 Å². The number of hydrogen-bond donors (Lipinski definition) is 1. The highest BCUT2D eigenvalue weighted by Crippen LogP contribution is 2.22. The smallest absolute Gasteiger partial charge is 0.224 e. The number of nitrogens with one attached hydrogen (secondary N) is 1. The fourth-order valence-electron chi connectivity index (χ4n) is 1.80. The van der Waals surface area contributed by atoms with Crippen molar-refractivity contribution in [1.82, 2.24) is 15.0 Å². The Morgan fingerprint density at radius 1 is 1.30 bits per heavy atom. The van der Waals surface area contributed by atoms with E-state index in [9.17, 15) is 0 Å². The maximum atomic E-state index is 6.16. The molecule has 0 fully saturated rings.